The molecule has 2 atom stereocenters. The van der Waals surface area contributed by atoms with Crippen LogP contribution in [0, 0.1) is 5.92 Å². The summed E-state index contributed by atoms with van der Waals surface area (Å²) in [6, 6.07) is 18.6. The molecule has 0 fully saturated rings. The van der Waals surface area contributed by atoms with E-state index in [2.05, 4.69) is 0 Å². The number of benzene rings is 2. The van der Waals surface area contributed by atoms with E-state index in [1.807, 2.05) is 60.7 Å². The molecule has 0 amide bonds. The monoisotopic (exact) mass is 326 g/mol. The van der Waals surface area contributed by atoms with E-state index >= 15 is 0 Å². The van der Waals surface area contributed by atoms with Crippen LogP contribution in [0.3, 0.4) is 0 Å². The van der Waals surface area contributed by atoms with Gasteiger partial charge in [0.15, 0.2) is 5.60 Å². The Morgan fingerprint density at radius 3 is 2.08 bits per heavy atom. The lowest BCUT2D eigenvalue weighted by Crippen LogP contribution is -2.44. The van der Waals surface area contributed by atoms with Crippen LogP contribution in [0.25, 0.3) is 0 Å². The Labute approximate surface area is 142 Å². The number of hydrogen-bond donors (Lipinski definition) is 1. The summed E-state index contributed by atoms with van der Waals surface area (Å²) in [6.45, 7) is 3.28. The molecule has 1 N–H and O–H groups in total. The SMILES string of the molecule is CCC(=O)O[C@](Cc1ccccc1)(c1ccccc1)[C@H](C)C(=O)O. The van der Waals surface area contributed by atoms with Gasteiger partial charge in [0.05, 0.1) is 5.92 Å². The highest BCUT2D eigenvalue weighted by Gasteiger charge is 2.45. The summed E-state index contributed by atoms with van der Waals surface area (Å²) in [7, 11) is 0. The summed E-state index contributed by atoms with van der Waals surface area (Å²) in [6.07, 6.45) is 0.493. The molecule has 24 heavy (non-hydrogen) atoms. The first-order valence-corrected chi connectivity index (χ1v) is 8.03. The first kappa shape index (κ1) is 17.7. The number of carboxylic acids is 1. The Kier molecular flexibility index (Phi) is 5.74. The molecule has 0 unspecified atom stereocenters. The molecule has 0 heterocycles. The maximum absolute atomic E-state index is 12.1. The Balaban J connectivity index is 2.58. The standard InChI is InChI=1S/C20H22O4/c1-3-18(21)24-20(15(2)19(22)23,17-12-8-5-9-13-17)14-16-10-6-4-7-11-16/h4-13,15H,3,14H2,1-2H3,(H,22,23)/t15-,20+/m1/s1. The zero-order valence-electron chi connectivity index (χ0n) is 13.9. The van der Waals surface area contributed by atoms with E-state index in [1.54, 1.807) is 13.8 Å². The summed E-state index contributed by atoms with van der Waals surface area (Å²) >= 11 is 0. The molecule has 2 aromatic rings. The average Bonchev–Trinajstić information content (AvgIpc) is 2.61. The van der Waals surface area contributed by atoms with Crippen LogP contribution in [0.2, 0.25) is 0 Å². The Hall–Kier alpha value is -2.62. The number of carboxylic acid groups (broad SMARTS) is 1. The number of aliphatic carboxylic acids is 1. The molecule has 0 saturated carbocycles. The number of ether oxygens (including phenoxy) is 1. The molecule has 0 bridgehead atoms. The number of carbonyl (C=O) groups excluding carboxylic acids is 1. The first-order chi connectivity index (χ1) is 11.5. The van der Waals surface area contributed by atoms with E-state index in [1.165, 1.54) is 0 Å². The topological polar surface area (TPSA) is 63.6 Å². The summed E-state index contributed by atoms with van der Waals surface area (Å²) in [5.74, 6) is -2.31. The predicted octanol–water partition coefficient (Wildman–Crippen LogP) is 3.80. The van der Waals surface area contributed by atoms with Crippen molar-refractivity contribution < 1.29 is 19.4 Å². The van der Waals surface area contributed by atoms with Crippen molar-refractivity contribution >= 4 is 11.9 Å². The van der Waals surface area contributed by atoms with Gasteiger partial charge in [-0.05, 0) is 18.1 Å². The molecular formula is C20H22O4. The molecule has 0 spiro atoms. The van der Waals surface area contributed by atoms with Crippen molar-refractivity contribution in [3.05, 3.63) is 71.8 Å². The maximum Gasteiger partial charge on any atom is 0.310 e. The smallest absolute Gasteiger partial charge is 0.310 e. The van der Waals surface area contributed by atoms with Crippen LogP contribution >= 0.6 is 0 Å². The Bertz CT molecular complexity index is 681. The molecule has 0 aliphatic heterocycles. The molecule has 126 valence electrons. The van der Waals surface area contributed by atoms with Crippen LogP contribution in [0.4, 0.5) is 0 Å². The molecule has 4 nitrogen and oxygen atoms in total. The zero-order valence-corrected chi connectivity index (χ0v) is 13.9. The maximum atomic E-state index is 12.1. The van der Waals surface area contributed by atoms with Crippen molar-refractivity contribution in [2.75, 3.05) is 0 Å². The van der Waals surface area contributed by atoms with Crippen LogP contribution < -0.4 is 0 Å². The molecule has 0 aromatic heterocycles. The van der Waals surface area contributed by atoms with Crippen LogP contribution in [0.15, 0.2) is 60.7 Å². The largest absolute Gasteiger partial charge is 0.481 e. The quantitative estimate of drug-likeness (QED) is 0.786. The number of esters is 1. The van der Waals surface area contributed by atoms with Crippen molar-refractivity contribution in [3.63, 3.8) is 0 Å². The zero-order chi connectivity index (χ0) is 17.6. The Morgan fingerprint density at radius 1 is 1.04 bits per heavy atom. The van der Waals surface area contributed by atoms with Gasteiger partial charge >= 0.3 is 11.9 Å². The second-order valence-electron chi connectivity index (χ2n) is 5.81. The molecule has 0 aliphatic carbocycles. The van der Waals surface area contributed by atoms with E-state index in [4.69, 9.17) is 4.74 Å². The van der Waals surface area contributed by atoms with E-state index in [0.29, 0.717) is 12.0 Å². The van der Waals surface area contributed by atoms with Gasteiger partial charge in [-0.3, -0.25) is 9.59 Å². The van der Waals surface area contributed by atoms with Gasteiger partial charge in [-0.25, -0.2) is 0 Å². The fourth-order valence-electron chi connectivity index (χ4n) is 2.78. The van der Waals surface area contributed by atoms with E-state index in [-0.39, 0.29) is 6.42 Å². The van der Waals surface area contributed by atoms with Crippen molar-refractivity contribution in [1.29, 1.82) is 0 Å². The second-order valence-corrected chi connectivity index (χ2v) is 5.81. The van der Waals surface area contributed by atoms with Crippen molar-refractivity contribution in [1.82, 2.24) is 0 Å². The lowest BCUT2D eigenvalue weighted by atomic mass is 9.77. The van der Waals surface area contributed by atoms with Crippen LogP contribution in [0.5, 0.6) is 0 Å². The van der Waals surface area contributed by atoms with Crippen molar-refractivity contribution in [2.24, 2.45) is 5.92 Å². The fourth-order valence-corrected chi connectivity index (χ4v) is 2.78. The van der Waals surface area contributed by atoms with E-state index in [0.717, 1.165) is 5.56 Å². The first-order valence-electron chi connectivity index (χ1n) is 8.03. The van der Waals surface area contributed by atoms with Crippen LogP contribution in [-0.2, 0) is 26.3 Å². The van der Waals surface area contributed by atoms with Crippen molar-refractivity contribution in [2.45, 2.75) is 32.3 Å². The summed E-state index contributed by atoms with van der Waals surface area (Å²) in [5.41, 5.74) is 0.352. The molecule has 0 radical (unpaired) electrons. The van der Waals surface area contributed by atoms with Crippen LogP contribution in [-0.4, -0.2) is 17.0 Å². The number of carbonyl (C=O) groups is 2. The third-order valence-electron chi connectivity index (χ3n) is 4.23. The minimum atomic E-state index is -1.25. The van der Waals surface area contributed by atoms with Gasteiger partial charge in [0, 0.05) is 12.8 Å². The van der Waals surface area contributed by atoms with Crippen molar-refractivity contribution in [3.8, 4) is 0 Å². The molecular weight excluding hydrogens is 304 g/mol. The minimum Gasteiger partial charge on any atom is -0.481 e. The highest BCUT2D eigenvalue weighted by Crippen LogP contribution is 2.38. The van der Waals surface area contributed by atoms with Gasteiger partial charge in [0.2, 0.25) is 0 Å². The van der Waals surface area contributed by atoms with E-state index < -0.39 is 23.5 Å². The Morgan fingerprint density at radius 2 is 1.58 bits per heavy atom. The van der Waals surface area contributed by atoms with Gasteiger partial charge in [0.25, 0.3) is 0 Å². The normalized spacial score (nSPS) is 14.4. The second kappa shape index (κ2) is 7.77. The predicted molar refractivity (Wildman–Crippen MR) is 91.4 cm³/mol. The van der Waals surface area contributed by atoms with Gasteiger partial charge in [-0.2, -0.15) is 0 Å². The molecule has 2 rings (SSSR count). The van der Waals surface area contributed by atoms with E-state index in [9.17, 15) is 14.7 Å². The molecule has 0 aliphatic rings. The van der Waals surface area contributed by atoms with Gasteiger partial charge in [0.1, 0.15) is 0 Å². The summed E-state index contributed by atoms with van der Waals surface area (Å²) < 4.78 is 5.78. The van der Waals surface area contributed by atoms with Gasteiger partial charge in [-0.15, -0.1) is 0 Å². The summed E-state index contributed by atoms with van der Waals surface area (Å²) in [4.78, 5) is 23.9. The molecule has 4 heteroatoms. The fraction of sp³-hybridized carbons (Fsp3) is 0.300. The number of hydrogen-bond acceptors (Lipinski definition) is 3. The molecule has 0 saturated heterocycles. The van der Waals surface area contributed by atoms with Gasteiger partial charge in [-0.1, -0.05) is 67.6 Å². The highest BCUT2D eigenvalue weighted by atomic mass is 16.6. The highest BCUT2D eigenvalue weighted by molar-refractivity contribution is 5.74. The average molecular weight is 326 g/mol. The summed E-state index contributed by atoms with van der Waals surface area (Å²) in [5, 5.41) is 9.65. The number of rotatable bonds is 7. The van der Waals surface area contributed by atoms with Gasteiger partial charge < -0.3 is 9.84 Å². The minimum absolute atomic E-state index is 0.190. The van der Waals surface area contributed by atoms with Crippen LogP contribution in [0.1, 0.15) is 31.4 Å². The lowest BCUT2D eigenvalue weighted by Gasteiger charge is -2.37. The molecule has 2 aromatic carbocycles. The third kappa shape index (κ3) is 3.82. The third-order valence-corrected chi connectivity index (χ3v) is 4.23. The lowest BCUT2D eigenvalue weighted by molar-refractivity contribution is -0.174.